The molecule has 0 radical (unpaired) electrons. The van der Waals surface area contributed by atoms with Gasteiger partial charge in [0.05, 0.1) is 46.5 Å². The zero-order valence-corrected chi connectivity index (χ0v) is 16.3. The third-order valence-electron chi connectivity index (χ3n) is 6.03. The molecule has 0 aliphatic rings. The van der Waals surface area contributed by atoms with E-state index in [0.29, 0.717) is 22.3 Å². The Labute approximate surface area is 172 Å². The largest absolute Gasteiger partial charge is 0.192 e. The minimum Gasteiger partial charge on any atom is -0.192 e. The summed E-state index contributed by atoms with van der Waals surface area (Å²) in [7, 11) is 0. The van der Waals surface area contributed by atoms with Crippen LogP contribution in [0, 0.1) is 59.2 Å². The molecule has 4 heteroatoms. The van der Waals surface area contributed by atoms with Crippen molar-refractivity contribution in [3.8, 4) is 24.3 Å². The van der Waals surface area contributed by atoms with Crippen LogP contribution < -0.4 is 0 Å². The molecule has 0 spiro atoms. The quantitative estimate of drug-likeness (QED) is 0.249. The number of benzene rings is 5. The standard InChI is InChI=1S/C26H12N4/c1-13-19(11-29)7-17-3-15(9-27)5-21-22-6-16(10-28)4-18-8-20(12-30)14(2)24(26(18)22)23(13)25(17)21/h3-8H,1-2H3. The molecule has 4 nitrogen and oxygen atoms in total. The molecule has 0 aliphatic carbocycles. The van der Waals surface area contributed by atoms with Crippen LogP contribution in [0.4, 0.5) is 0 Å². The lowest BCUT2D eigenvalue weighted by molar-refractivity contribution is 1.42. The van der Waals surface area contributed by atoms with Crippen molar-refractivity contribution in [3.63, 3.8) is 0 Å². The van der Waals surface area contributed by atoms with E-state index in [0.717, 1.165) is 54.2 Å². The molecule has 5 aromatic rings. The molecule has 5 rings (SSSR count). The van der Waals surface area contributed by atoms with E-state index in [2.05, 4.69) is 24.3 Å². The smallest absolute Gasteiger partial charge is 0.0994 e. The molecule has 0 fully saturated rings. The van der Waals surface area contributed by atoms with Gasteiger partial charge < -0.3 is 0 Å². The number of nitrogens with zero attached hydrogens (tertiary/aromatic N) is 4. The molecular weight excluding hydrogens is 368 g/mol. The molecule has 0 aromatic heterocycles. The van der Waals surface area contributed by atoms with E-state index in [-0.39, 0.29) is 0 Å². The molecule has 5 aromatic carbocycles. The third kappa shape index (κ3) is 2.06. The highest BCUT2D eigenvalue weighted by molar-refractivity contribution is 6.35. The van der Waals surface area contributed by atoms with Crippen LogP contribution >= 0.6 is 0 Å². The van der Waals surface area contributed by atoms with Crippen LogP contribution in [-0.2, 0) is 0 Å². The molecule has 0 heterocycles. The SMILES string of the molecule is Cc1c(C#N)cc2cc(C#N)cc3c4cc(C#N)cc5cc(C#N)c(C)c(c1c23)c54. The molecular formula is C26H12N4. The maximum Gasteiger partial charge on any atom is 0.0994 e. The first-order valence-corrected chi connectivity index (χ1v) is 9.36. The molecule has 30 heavy (non-hydrogen) atoms. The van der Waals surface area contributed by atoms with Crippen molar-refractivity contribution in [1.29, 1.82) is 21.0 Å². The Kier molecular flexibility index (Phi) is 3.45. The highest BCUT2D eigenvalue weighted by atomic mass is 14.3. The van der Waals surface area contributed by atoms with Crippen LogP contribution in [-0.4, -0.2) is 0 Å². The summed E-state index contributed by atoms with van der Waals surface area (Å²) in [5.74, 6) is 0. The number of hydrogen-bond donors (Lipinski definition) is 0. The summed E-state index contributed by atoms with van der Waals surface area (Å²) in [6.45, 7) is 3.85. The third-order valence-corrected chi connectivity index (χ3v) is 6.03. The van der Waals surface area contributed by atoms with Gasteiger partial charge in [-0.1, -0.05) is 0 Å². The maximum atomic E-state index is 9.74. The number of nitriles is 4. The summed E-state index contributed by atoms with van der Waals surface area (Å²) in [5.41, 5.74) is 3.80. The van der Waals surface area contributed by atoms with Crippen LogP contribution in [0.25, 0.3) is 43.1 Å². The zero-order valence-electron chi connectivity index (χ0n) is 16.3. The summed E-state index contributed by atoms with van der Waals surface area (Å²) in [4.78, 5) is 0. The lowest BCUT2D eigenvalue weighted by Gasteiger charge is -2.19. The fourth-order valence-corrected chi connectivity index (χ4v) is 4.70. The molecule has 136 valence electrons. The summed E-state index contributed by atoms with van der Waals surface area (Å²) in [6.07, 6.45) is 0. The molecule has 0 saturated heterocycles. The van der Waals surface area contributed by atoms with Gasteiger partial charge in [0.2, 0.25) is 0 Å². The Morgan fingerprint density at radius 1 is 0.500 bits per heavy atom. The predicted octanol–water partition coefficient (Wildman–Crippen LogP) is 5.84. The van der Waals surface area contributed by atoms with Crippen LogP contribution in [0.2, 0.25) is 0 Å². The van der Waals surface area contributed by atoms with Gasteiger partial charge in [-0.25, -0.2) is 0 Å². The molecule has 0 amide bonds. The average molecular weight is 380 g/mol. The van der Waals surface area contributed by atoms with Gasteiger partial charge in [-0.05, 0) is 104 Å². The van der Waals surface area contributed by atoms with E-state index in [1.54, 1.807) is 12.1 Å². The highest BCUT2D eigenvalue weighted by Crippen LogP contribution is 2.45. The van der Waals surface area contributed by atoms with Gasteiger partial charge in [-0.15, -0.1) is 0 Å². The Bertz CT molecular complexity index is 1610. The van der Waals surface area contributed by atoms with Crippen molar-refractivity contribution >= 4 is 43.1 Å². The highest BCUT2D eigenvalue weighted by Gasteiger charge is 2.21. The van der Waals surface area contributed by atoms with Gasteiger partial charge in [-0.2, -0.15) is 21.0 Å². The Hall–Kier alpha value is -4.64. The van der Waals surface area contributed by atoms with Gasteiger partial charge in [0, 0.05) is 0 Å². The second-order valence-corrected chi connectivity index (χ2v) is 7.54. The molecule has 0 unspecified atom stereocenters. The first kappa shape index (κ1) is 17.5. The minimum atomic E-state index is 0.500. The average Bonchev–Trinajstić information content (AvgIpc) is 2.77. The van der Waals surface area contributed by atoms with Crippen LogP contribution in [0.1, 0.15) is 33.4 Å². The molecule has 0 N–H and O–H groups in total. The second-order valence-electron chi connectivity index (χ2n) is 7.54. The van der Waals surface area contributed by atoms with E-state index in [1.165, 1.54) is 0 Å². The van der Waals surface area contributed by atoms with E-state index >= 15 is 0 Å². The lowest BCUT2D eigenvalue weighted by atomic mass is 9.82. The fourth-order valence-electron chi connectivity index (χ4n) is 4.70. The number of rotatable bonds is 0. The first-order valence-electron chi connectivity index (χ1n) is 9.36. The van der Waals surface area contributed by atoms with Crippen LogP contribution in [0.5, 0.6) is 0 Å². The van der Waals surface area contributed by atoms with Gasteiger partial charge in [0.1, 0.15) is 0 Å². The number of hydrogen-bond acceptors (Lipinski definition) is 4. The molecule has 0 saturated carbocycles. The maximum absolute atomic E-state index is 9.74. The monoisotopic (exact) mass is 380 g/mol. The fraction of sp³-hybridized carbons (Fsp3) is 0.0769. The van der Waals surface area contributed by atoms with E-state index in [1.807, 2.05) is 38.1 Å². The first-order chi connectivity index (χ1) is 14.5. The van der Waals surface area contributed by atoms with E-state index in [4.69, 9.17) is 0 Å². The van der Waals surface area contributed by atoms with Crippen molar-refractivity contribution in [2.45, 2.75) is 13.8 Å². The second kappa shape index (κ2) is 5.93. The Morgan fingerprint density at radius 2 is 0.900 bits per heavy atom. The van der Waals surface area contributed by atoms with E-state index in [9.17, 15) is 21.0 Å². The molecule has 0 aliphatic heterocycles. The summed E-state index contributed by atoms with van der Waals surface area (Å²) in [5, 5.41) is 45.8. The van der Waals surface area contributed by atoms with Gasteiger partial charge in [-0.3, -0.25) is 0 Å². The van der Waals surface area contributed by atoms with Gasteiger partial charge in [0.15, 0.2) is 0 Å². The van der Waals surface area contributed by atoms with Crippen molar-refractivity contribution in [3.05, 3.63) is 69.8 Å². The Morgan fingerprint density at radius 3 is 1.23 bits per heavy atom. The Balaban J connectivity index is 2.30. The number of fused-ring (bicyclic) bond motifs is 2. The summed E-state index contributed by atoms with van der Waals surface area (Å²) in [6, 6.07) is 19.9. The summed E-state index contributed by atoms with van der Waals surface area (Å²) < 4.78 is 0. The lowest BCUT2D eigenvalue weighted by Crippen LogP contribution is -1.97. The van der Waals surface area contributed by atoms with Crippen LogP contribution in [0.15, 0.2) is 36.4 Å². The predicted molar refractivity (Wildman–Crippen MR) is 116 cm³/mol. The van der Waals surface area contributed by atoms with Gasteiger partial charge >= 0.3 is 0 Å². The number of aryl methyl sites for hydroxylation is 2. The summed E-state index contributed by atoms with van der Waals surface area (Å²) >= 11 is 0. The topological polar surface area (TPSA) is 95.2 Å². The van der Waals surface area contributed by atoms with Crippen molar-refractivity contribution < 1.29 is 0 Å². The van der Waals surface area contributed by atoms with Crippen molar-refractivity contribution in [2.75, 3.05) is 0 Å². The van der Waals surface area contributed by atoms with Gasteiger partial charge in [0.25, 0.3) is 0 Å². The van der Waals surface area contributed by atoms with Crippen molar-refractivity contribution in [2.24, 2.45) is 0 Å². The molecule has 0 atom stereocenters. The van der Waals surface area contributed by atoms with Crippen molar-refractivity contribution in [1.82, 2.24) is 0 Å². The normalized spacial score (nSPS) is 10.9. The molecule has 0 bridgehead atoms. The van der Waals surface area contributed by atoms with Crippen LogP contribution in [0.3, 0.4) is 0 Å². The zero-order chi connectivity index (χ0) is 21.2. The van der Waals surface area contributed by atoms with E-state index < -0.39 is 0 Å². The minimum absolute atomic E-state index is 0.500.